The maximum Gasteiger partial charge on any atom is 0.228 e. The third-order valence-corrected chi connectivity index (χ3v) is 1.78. The minimum Gasteiger partial charge on any atom is -0.285 e. The maximum absolute atomic E-state index is 10.2. The second-order valence-electron chi connectivity index (χ2n) is 2.45. The Labute approximate surface area is 76.7 Å². The van der Waals surface area contributed by atoms with Crippen molar-refractivity contribution >= 4 is 24.0 Å². The molecule has 0 spiro atoms. The summed E-state index contributed by atoms with van der Waals surface area (Å²) in [6, 6.07) is 7.35. The van der Waals surface area contributed by atoms with E-state index in [1.54, 1.807) is 25.4 Å². The van der Waals surface area contributed by atoms with Gasteiger partial charge in [-0.3, -0.25) is 4.79 Å². The minimum absolute atomic E-state index is 0.545. The molecule has 0 aliphatic heterocycles. The fraction of sp³-hybridized carbons (Fsp3) is 0.100. The van der Waals surface area contributed by atoms with Crippen LogP contribution in [-0.4, -0.2) is 6.29 Å². The van der Waals surface area contributed by atoms with E-state index in [1.807, 2.05) is 18.2 Å². The van der Waals surface area contributed by atoms with Gasteiger partial charge >= 0.3 is 0 Å². The lowest BCUT2D eigenvalue weighted by Gasteiger charge is -1.96. The monoisotopic (exact) mass is 179 g/mol. The Morgan fingerprint density at radius 1 is 1.50 bits per heavy atom. The van der Waals surface area contributed by atoms with Crippen LogP contribution in [0.3, 0.4) is 0 Å². The molecule has 0 saturated heterocycles. The van der Waals surface area contributed by atoms with Crippen molar-refractivity contribution < 1.29 is 4.79 Å². The molecule has 0 amide bonds. The third kappa shape index (κ3) is 2.21. The summed E-state index contributed by atoms with van der Waals surface area (Å²) in [4.78, 5) is 10.2. The van der Waals surface area contributed by atoms with Crippen LogP contribution in [0.2, 0.25) is 5.02 Å². The lowest BCUT2D eigenvalue weighted by atomic mass is 10.1. The molecule has 0 aliphatic carbocycles. The molecule has 12 heavy (non-hydrogen) atoms. The van der Waals surface area contributed by atoms with Crippen molar-refractivity contribution in [3.63, 3.8) is 0 Å². The van der Waals surface area contributed by atoms with E-state index in [0.717, 1.165) is 5.56 Å². The third-order valence-electron chi connectivity index (χ3n) is 1.44. The van der Waals surface area contributed by atoms with Crippen molar-refractivity contribution in [3.8, 4) is 0 Å². The molecule has 0 aliphatic rings. The number of hydrogen-bond donors (Lipinski definition) is 0. The van der Waals surface area contributed by atoms with Gasteiger partial charge in [-0.05, 0) is 24.6 Å². The minimum atomic E-state index is 0.545. The Balaban J connectivity index is 3.04. The number of allylic oxidation sites excluding steroid dienone is 1. The molecule has 61 valence electrons. The van der Waals surface area contributed by atoms with Crippen molar-refractivity contribution in [2.75, 3.05) is 0 Å². The van der Waals surface area contributed by atoms with Gasteiger partial charge in [0, 0.05) is 10.6 Å². The molecular weight excluding hydrogens is 172 g/mol. The van der Waals surface area contributed by atoms with Crippen LogP contribution in [0.4, 0.5) is 0 Å². The molecule has 1 nitrogen and oxygen atoms in total. The molecule has 1 aromatic carbocycles. The Morgan fingerprint density at radius 3 is 2.75 bits per heavy atom. The first-order chi connectivity index (χ1) is 5.74. The molecule has 0 aromatic heterocycles. The summed E-state index contributed by atoms with van der Waals surface area (Å²) in [6.07, 6.45) is 3.50. The first kappa shape index (κ1) is 9.01. The molecule has 0 N–H and O–H groups in total. The van der Waals surface area contributed by atoms with Gasteiger partial charge in [0.05, 0.1) is 0 Å². The molecule has 1 rings (SSSR count). The van der Waals surface area contributed by atoms with E-state index in [2.05, 4.69) is 0 Å². The Hall–Kier alpha value is -1.08. The summed E-state index contributed by atoms with van der Waals surface area (Å²) >= 11 is 5.85. The van der Waals surface area contributed by atoms with Crippen LogP contribution >= 0.6 is 11.6 Å². The fourth-order valence-corrected chi connectivity index (χ4v) is 1.05. The summed E-state index contributed by atoms with van der Waals surface area (Å²) < 4.78 is 0. The maximum atomic E-state index is 10.2. The van der Waals surface area contributed by atoms with Crippen molar-refractivity contribution in [1.82, 2.24) is 0 Å². The molecule has 0 heterocycles. The number of carbonyl (C=O) groups excluding carboxylic acids is 1. The largest absolute Gasteiger partial charge is 0.285 e. The van der Waals surface area contributed by atoms with Crippen molar-refractivity contribution in [1.29, 1.82) is 0 Å². The second kappa shape index (κ2) is 4.07. The normalized spacial score (nSPS) is 11.3. The highest BCUT2D eigenvalue weighted by Gasteiger charge is 1.94. The fourth-order valence-electron chi connectivity index (χ4n) is 0.855. The zero-order valence-corrected chi connectivity index (χ0v) is 7.43. The lowest BCUT2D eigenvalue weighted by molar-refractivity contribution is 0.562. The van der Waals surface area contributed by atoms with Crippen LogP contribution in [0.25, 0.3) is 6.08 Å². The number of halogens is 1. The standard InChI is InChI=1S/C10H8ClO/c1-8(7-12)6-9-4-2-3-5-10(9)11/h2-6H,1H3/b8-6+. The highest BCUT2D eigenvalue weighted by Crippen LogP contribution is 2.17. The van der Waals surface area contributed by atoms with E-state index in [1.165, 1.54) is 0 Å². The zero-order chi connectivity index (χ0) is 8.97. The van der Waals surface area contributed by atoms with Gasteiger partial charge in [-0.1, -0.05) is 29.8 Å². The van der Waals surface area contributed by atoms with Gasteiger partial charge in [0.15, 0.2) is 0 Å². The molecule has 0 atom stereocenters. The molecule has 0 bridgehead atoms. The van der Waals surface area contributed by atoms with Gasteiger partial charge in [-0.25, -0.2) is 0 Å². The van der Waals surface area contributed by atoms with Crippen LogP contribution in [0.15, 0.2) is 29.8 Å². The SMILES string of the molecule is C/C([C]=O)=C\c1ccccc1Cl. The summed E-state index contributed by atoms with van der Waals surface area (Å²) in [5.74, 6) is 0. The van der Waals surface area contributed by atoms with Gasteiger partial charge in [0.1, 0.15) is 0 Å². The average molecular weight is 180 g/mol. The van der Waals surface area contributed by atoms with Crippen molar-refractivity contribution in [2.45, 2.75) is 6.92 Å². The molecule has 0 fully saturated rings. The highest BCUT2D eigenvalue weighted by atomic mass is 35.5. The van der Waals surface area contributed by atoms with Crippen LogP contribution in [0.1, 0.15) is 12.5 Å². The summed E-state index contributed by atoms with van der Waals surface area (Å²) in [6.45, 7) is 1.69. The van der Waals surface area contributed by atoms with E-state index < -0.39 is 0 Å². The first-order valence-electron chi connectivity index (χ1n) is 3.55. The van der Waals surface area contributed by atoms with Crippen molar-refractivity contribution in [3.05, 3.63) is 40.4 Å². The molecule has 0 unspecified atom stereocenters. The highest BCUT2D eigenvalue weighted by molar-refractivity contribution is 6.32. The van der Waals surface area contributed by atoms with Crippen molar-refractivity contribution in [2.24, 2.45) is 0 Å². The zero-order valence-electron chi connectivity index (χ0n) is 6.67. The number of hydrogen-bond acceptors (Lipinski definition) is 1. The van der Waals surface area contributed by atoms with Gasteiger partial charge in [-0.2, -0.15) is 0 Å². The number of benzene rings is 1. The lowest BCUT2D eigenvalue weighted by Crippen LogP contribution is -1.78. The quantitative estimate of drug-likeness (QED) is 0.638. The summed E-state index contributed by atoms with van der Waals surface area (Å²) in [5.41, 5.74) is 1.39. The molecule has 1 aromatic rings. The van der Waals surface area contributed by atoms with E-state index in [9.17, 15) is 4.79 Å². The molecule has 0 saturated carbocycles. The summed E-state index contributed by atoms with van der Waals surface area (Å²) in [7, 11) is 0. The van der Waals surface area contributed by atoms with E-state index in [0.29, 0.717) is 10.6 Å². The molecule has 1 radical (unpaired) electrons. The predicted octanol–water partition coefficient (Wildman–Crippen LogP) is 2.85. The molecular formula is C10H8ClO. The van der Waals surface area contributed by atoms with Crippen LogP contribution < -0.4 is 0 Å². The Kier molecular flexibility index (Phi) is 3.06. The van der Waals surface area contributed by atoms with Gasteiger partial charge < -0.3 is 0 Å². The Morgan fingerprint density at radius 2 is 2.17 bits per heavy atom. The van der Waals surface area contributed by atoms with Crippen LogP contribution in [0.5, 0.6) is 0 Å². The van der Waals surface area contributed by atoms with E-state index in [4.69, 9.17) is 11.6 Å². The second-order valence-corrected chi connectivity index (χ2v) is 2.86. The first-order valence-corrected chi connectivity index (χ1v) is 3.93. The van der Waals surface area contributed by atoms with E-state index >= 15 is 0 Å². The molecule has 2 heteroatoms. The van der Waals surface area contributed by atoms with Gasteiger partial charge in [-0.15, -0.1) is 0 Å². The van der Waals surface area contributed by atoms with Gasteiger partial charge in [0.2, 0.25) is 6.29 Å². The smallest absolute Gasteiger partial charge is 0.228 e. The average Bonchev–Trinajstić information content (AvgIpc) is 2.09. The predicted molar refractivity (Wildman–Crippen MR) is 50.8 cm³/mol. The Bertz CT molecular complexity index is 315. The van der Waals surface area contributed by atoms with Gasteiger partial charge in [0.25, 0.3) is 0 Å². The topological polar surface area (TPSA) is 17.1 Å². The summed E-state index contributed by atoms with van der Waals surface area (Å²) in [5, 5.41) is 0.645. The van der Waals surface area contributed by atoms with E-state index in [-0.39, 0.29) is 0 Å². The van der Waals surface area contributed by atoms with Crippen LogP contribution in [-0.2, 0) is 4.79 Å². The number of rotatable bonds is 2. The van der Waals surface area contributed by atoms with Crippen LogP contribution in [0, 0.1) is 0 Å².